The van der Waals surface area contributed by atoms with Crippen LogP contribution in [0.3, 0.4) is 0 Å². The lowest BCUT2D eigenvalue weighted by molar-refractivity contribution is -0.132. The molecule has 4 rings (SSSR count). The number of rotatable bonds is 13. The molecule has 9 nitrogen and oxygen atoms in total. The van der Waals surface area contributed by atoms with Gasteiger partial charge in [-0.25, -0.2) is 4.79 Å². The van der Waals surface area contributed by atoms with Crippen LogP contribution in [0.4, 0.5) is 10.5 Å². The van der Waals surface area contributed by atoms with Crippen LogP contribution >= 0.6 is 0 Å². The monoisotopic (exact) mass is 564 g/mol. The summed E-state index contributed by atoms with van der Waals surface area (Å²) in [6.45, 7) is 5.86. The fourth-order valence-electron chi connectivity index (χ4n) is 5.88. The third-order valence-electron chi connectivity index (χ3n) is 7.82. The van der Waals surface area contributed by atoms with Crippen molar-refractivity contribution in [2.45, 2.75) is 57.5 Å². The minimum atomic E-state index is -0.525. The maximum atomic E-state index is 13.4. The highest BCUT2D eigenvalue weighted by atomic mass is 16.6. The topological polar surface area (TPSA) is 108 Å². The van der Waals surface area contributed by atoms with Gasteiger partial charge in [-0.2, -0.15) is 0 Å². The van der Waals surface area contributed by atoms with Crippen molar-refractivity contribution in [3.05, 3.63) is 65.4 Å². The van der Waals surface area contributed by atoms with Crippen molar-refractivity contribution in [2.24, 2.45) is 5.73 Å². The molecule has 0 spiro atoms. The second-order valence-electron chi connectivity index (χ2n) is 10.8. The molecule has 3 N–H and O–H groups in total. The van der Waals surface area contributed by atoms with Crippen molar-refractivity contribution in [3.63, 3.8) is 0 Å². The number of carbonyl (C=O) groups excluding carboxylic acids is 2. The number of ether oxygens (including phenoxy) is 3. The molecule has 1 aromatic heterocycles. The number of nitrogens with zero attached hydrogens (tertiary/aromatic N) is 2. The number of benzene rings is 2. The van der Waals surface area contributed by atoms with E-state index in [4.69, 9.17) is 19.9 Å². The predicted octanol–water partition coefficient (Wildman–Crippen LogP) is 4.85. The van der Waals surface area contributed by atoms with Crippen LogP contribution in [0.5, 0.6) is 0 Å². The van der Waals surface area contributed by atoms with E-state index in [0.29, 0.717) is 37.6 Å². The van der Waals surface area contributed by atoms with Crippen LogP contribution in [0.15, 0.2) is 48.5 Å². The van der Waals surface area contributed by atoms with Gasteiger partial charge in [0.25, 0.3) is 0 Å². The Morgan fingerprint density at radius 3 is 2.56 bits per heavy atom. The number of methoxy groups -OCH3 is 2. The lowest BCUT2D eigenvalue weighted by Gasteiger charge is -2.34. The van der Waals surface area contributed by atoms with Crippen molar-refractivity contribution >= 4 is 28.6 Å². The largest absolute Gasteiger partial charge is 0.447 e. The first-order valence-corrected chi connectivity index (χ1v) is 14.5. The van der Waals surface area contributed by atoms with Gasteiger partial charge in [0.05, 0.1) is 6.61 Å². The number of aromatic nitrogens is 1. The van der Waals surface area contributed by atoms with E-state index < -0.39 is 6.09 Å². The highest BCUT2D eigenvalue weighted by molar-refractivity contribution is 5.86. The Labute approximate surface area is 242 Å². The molecule has 41 heavy (non-hydrogen) atoms. The van der Waals surface area contributed by atoms with E-state index in [9.17, 15) is 9.59 Å². The number of carbonyl (C=O) groups is 2. The van der Waals surface area contributed by atoms with Gasteiger partial charge in [-0.1, -0.05) is 30.3 Å². The van der Waals surface area contributed by atoms with Gasteiger partial charge in [0.15, 0.2) is 0 Å². The summed E-state index contributed by atoms with van der Waals surface area (Å²) in [7, 11) is 3.29. The zero-order valence-corrected chi connectivity index (χ0v) is 24.6. The van der Waals surface area contributed by atoms with Gasteiger partial charge in [-0.3, -0.25) is 10.1 Å². The number of anilines is 1. The molecule has 0 aliphatic carbocycles. The second-order valence-corrected chi connectivity index (χ2v) is 10.8. The fourth-order valence-corrected chi connectivity index (χ4v) is 5.88. The summed E-state index contributed by atoms with van der Waals surface area (Å²) in [6.07, 6.45) is 3.34. The Hall–Kier alpha value is -3.40. The second kappa shape index (κ2) is 15.0. The molecule has 1 unspecified atom stereocenters. The van der Waals surface area contributed by atoms with Crippen LogP contribution in [0.25, 0.3) is 10.9 Å². The highest BCUT2D eigenvalue weighted by Gasteiger charge is 2.29. The average Bonchev–Trinajstić information content (AvgIpc) is 3.25. The van der Waals surface area contributed by atoms with Crippen molar-refractivity contribution in [1.29, 1.82) is 0 Å². The maximum Gasteiger partial charge on any atom is 0.411 e. The number of likely N-dealkylation sites (tertiary alicyclic amines) is 1. The molecule has 1 aliphatic heterocycles. The van der Waals surface area contributed by atoms with E-state index in [0.717, 1.165) is 44.5 Å². The molecular weight excluding hydrogens is 520 g/mol. The number of nitrogens with one attached hydrogen (secondary N) is 1. The smallest absolute Gasteiger partial charge is 0.411 e. The fraction of sp³-hybridized carbons (Fsp3) is 0.500. The molecule has 0 saturated carbocycles. The van der Waals surface area contributed by atoms with Crippen molar-refractivity contribution in [2.75, 3.05) is 52.4 Å². The van der Waals surface area contributed by atoms with Gasteiger partial charge in [0, 0.05) is 81.1 Å². The summed E-state index contributed by atoms with van der Waals surface area (Å²) >= 11 is 0. The summed E-state index contributed by atoms with van der Waals surface area (Å²) < 4.78 is 17.7. The normalized spacial score (nSPS) is 16.1. The first-order valence-electron chi connectivity index (χ1n) is 14.5. The number of amides is 2. The molecule has 0 bridgehead atoms. The van der Waals surface area contributed by atoms with Crippen LogP contribution in [-0.4, -0.2) is 74.6 Å². The third kappa shape index (κ3) is 8.09. The van der Waals surface area contributed by atoms with Gasteiger partial charge >= 0.3 is 6.09 Å². The Morgan fingerprint density at radius 1 is 1.05 bits per heavy atom. The number of aryl methyl sites for hydroxylation is 2. The van der Waals surface area contributed by atoms with Crippen molar-refractivity contribution in [1.82, 2.24) is 9.47 Å². The Morgan fingerprint density at radius 2 is 1.80 bits per heavy atom. The molecule has 1 saturated heterocycles. The van der Waals surface area contributed by atoms with Crippen LogP contribution in [0, 0.1) is 6.92 Å². The lowest BCUT2D eigenvalue weighted by Crippen LogP contribution is -2.42. The molecule has 2 heterocycles. The minimum Gasteiger partial charge on any atom is -0.447 e. The molecule has 1 aliphatic rings. The van der Waals surface area contributed by atoms with Crippen LogP contribution in [0.2, 0.25) is 0 Å². The number of piperidine rings is 1. The summed E-state index contributed by atoms with van der Waals surface area (Å²) in [5, 5.41) is 3.97. The van der Waals surface area contributed by atoms with Crippen LogP contribution in [0.1, 0.15) is 48.4 Å². The predicted molar refractivity (Wildman–Crippen MR) is 161 cm³/mol. The molecule has 2 aromatic carbocycles. The first kappa shape index (κ1) is 30.6. The molecule has 0 radical (unpaired) electrons. The zero-order valence-electron chi connectivity index (χ0n) is 24.6. The Kier molecular flexibility index (Phi) is 11.2. The highest BCUT2D eigenvalue weighted by Crippen LogP contribution is 2.36. The standard InChI is InChI=1S/C32H44N4O5/c1-23-28-9-4-5-10-29(28)36(16-7-17-39-2)31(23)25-8-6-15-35(22-25)30(37)21-26(33)20-24-11-13-27(14-12-24)34-32(38)41-19-18-40-3/h4-5,9-14,25-26H,6-8,15-22,33H2,1-3H3,(H,34,38)/t25?,26-/m1/s1. The van der Waals surface area contributed by atoms with E-state index in [1.807, 2.05) is 29.2 Å². The number of para-hydroxylation sites is 1. The van der Waals surface area contributed by atoms with Gasteiger partial charge < -0.3 is 29.4 Å². The Bertz CT molecular complexity index is 1290. The number of hydrogen-bond acceptors (Lipinski definition) is 6. The lowest BCUT2D eigenvalue weighted by atomic mass is 9.91. The van der Waals surface area contributed by atoms with Gasteiger partial charge in [-0.15, -0.1) is 0 Å². The quantitative estimate of drug-likeness (QED) is 0.288. The van der Waals surface area contributed by atoms with E-state index in [-0.39, 0.29) is 18.6 Å². The molecule has 1 fully saturated rings. The van der Waals surface area contributed by atoms with E-state index in [1.165, 1.54) is 22.2 Å². The summed E-state index contributed by atoms with van der Waals surface area (Å²) in [4.78, 5) is 27.2. The van der Waals surface area contributed by atoms with E-state index >= 15 is 0 Å². The molecule has 9 heteroatoms. The third-order valence-corrected chi connectivity index (χ3v) is 7.82. The van der Waals surface area contributed by atoms with Gasteiger partial charge in [-0.05, 0) is 61.9 Å². The van der Waals surface area contributed by atoms with Crippen molar-refractivity contribution < 1.29 is 23.8 Å². The minimum absolute atomic E-state index is 0.110. The first-order chi connectivity index (χ1) is 19.9. The zero-order chi connectivity index (χ0) is 29.2. The van der Waals surface area contributed by atoms with E-state index in [2.05, 4.69) is 41.1 Å². The number of nitrogens with two attached hydrogens (primary N) is 1. The van der Waals surface area contributed by atoms with Crippen LogP contribution in [-0.2, 0) is 32.0 Å². The molecular formula is C32H44N4O5. The molecule has 2 atom stereocenters. The SMILES string of the molecule is COCCCn1c(C2CCCN(C(=O)C[C@H](N)Cc3ccc(NC(=O)OCCOC)cc3)C2)c(C)c2ccccc21. The molecule has 3 aromatic rings. The van der Waals surface area contributed by atoms with Gasteiger partial charge in [0.2, 0.25) is 5.91 Å². The Balaban J connectivity index is 1.35. The van der Waals surface area contributed by atoms with Crippen LogP contribution < -0.4 is 11.1 Å². The average molecular weight is 565 g/mol. The summed E-state index contributed by atoms with van der Waals surface area (Å²) in [5.41, 5.74) is 12.0. The molecule has 222 valence electrons. The van der Waals surface area contributed by atoms with E-state index in [1.54, 1.807) is 14.2 Å². The number of hydrogen-bond donors (Lipinski definition) is 2. The van der Waals surface area contributed by atoms with Crippen molar-refractivity contribution in [3.8, 4) is 0 Å². The number of fused-ring (bicyclic) bond motifs is 1. The summed E-state index contributed by atoms with van der Waals surface area (Å²) in [5.74, 6) is 0.402. The molecule has 2 amide bonds. The van der Waals surface area contributed by atoms with Gasteiger partial charge in [0.1, 0.15) is 6.61 Å². The maximum absolute atomic E-state index is 13.4. The summed E-state index contributed by atoms with van der Waals surface area (Å²) in [6, 6.07) is 15.7.